The number of nitrogens with zero attached hydrogens (tertiary/aromatic N) is 3. The highest BCUT2D eigenvalue weighted by Crippen LogP contribution is 2.30. The monoisotopic (exact) mass is 351 g/mol. The number of hydrogen-bond acceptors (Lipinski definition) is 5. The van der Waals surface area contributed by atoms with E-state index in [9.17, 15) is 9.59 Å². The summed E-state index contributed by atoms with van der Waals surface area (Å²) in [5.41, 5.74) is 3.18. The predicted molar refractivity (Wildman–Crippen MR) is 96.5 cm³/mol. The highest BCUT2D eigenvalue weighted by molar-refractivity contribution is 6.05. The molecule has 1 amide bonds. The number of amides is 1. The minimum Gasteiger partial charge on any atom is -0.449 e. The summed E-state index contributed by atoms with van der Waals surface area (Å²) in [4.78, 5) is 31.3. The summed E-state index contributed by atoms with van der Waals surface area (Å²) in [6.45, 7) is 1.87. The van der Waals surface area contributed by atoms with E-state index in [2.05, 4.69) is 4.98 Å². The first-order valence-electron chi connectivity index (χ1n) is 8.76. The second-order valence-electron chi connectivity index (χ2n) is 6.50. The van der Waals surface area contributed by atoms with E-state index in [0.29, 0.717) is 12.1 Å². The summed E-state index contributed by atoms with van der Waals surface area (Å²) < 4.78 is 5.49. The number of para-hydroxylation sites is 1. The Kier molecular flexibility index (Phi) is 5.17. The van der Waals surface area contributed by atoms with Gasteiger partial charge < -0.3 is 9.64 Å². The molecule has 1 heterocycles. The summed E-state index contributed by atoms with van der Waals surface area (Å²) in [5, 5.41) is 9.40. The number of pyridine rings is 1. The summed E-state index contributed by atoms with van der Waals surface area (Å²) in [6.07, 6.45) is 1.94. The summed E-state index contributed by atoms with van der Waals surface area (Å²) in [6, 6.07) is 9.51. The van der Waals surface area contributed by atoms with Crippen LogP contribution < -0.4 is 0 Å². The molecule has 0 bridgehead atoms. The molecule has 0 unspecified atom stereocenters. The van der Waals surface area contributed by atoms with Crippen molar-refractivity contribution in [2.24, 2.45) is 0 Å². The van der Waals surface area contributed by atoms with Gasteiger partial charge in [0.25, 0.3) is 5.91 Å². The van der Waals surface area contributed by atoms with Crippen LogP contribution in [0.4, 0.5) is 0 Å². The summed E-state index contributed by atoms with van der Waals surface area (Å²) in [7, 11) is 1.60. The van der Waals surface area contributed by atoms with E-state index in [0.717, 1.165) is 41.4 Å². The molecule has 26 heavy (non-hydrogen) atoms. The van der Waals surface area contributed by atoms with Gasteiger partial charge in [-0.3, -0.25) is 9.78 Å². The third-order valence-electron chi connectivity index (χ3n) is 4.69. The molecule has 134 valence electrons. The van der Waals surface area contributed by atoms with Crippen molar-refractivity contribution in [2.45, 2.75) is 38.7 Å². The number of rotatable bonds is 5. The molecule has 1 aliphatic carbocycles. The van der Waals surface area contributed by atoms with E-state index in [4.69, 9.17) is 10.00 Å². The average Bonchev–Trinajstić information content (AvgIpc) is 3.10. The van der Waals surface area contributed by atoms with E-state index in [1.165, 1.54) is 4.90 Å². The maximum absolute atomic E-state index is 12.9. The molecular formula is C20H21N3O3. The van der Waals surface area contributed by atoms with Crippen LogP contribution in [0.2, 0.25) is 0 Å². The molecule has 0 fully saturated rings. The Morgan fingerprint density at radius 1 is 1.35 bits per heavy atom. The first kappa shape index (κ1) is 17.9. The van der Waals surface area contributed by atoms with Gasteiger partial charge in [-0.1, -0.05) is 18.2 Å². The van der Waals surface area contributed by atoms with Crippen molar-refractivity contribution in [2.75, 3.05) is 13.6 Å². The Hall–Kier alpha value is -2.94. The van der Waals surface area contributed by atoms with Gasteiger partial charge in [-0.2, -0.15) is 5.26 Å². The van der Waals surface area contributed by atoms with Crippen LogP contribution in [-0.4, -0.2) is 41.5 Å². The van der Waals surface area contributed by atoms with Crippen LogP contribution in [0.3, 0.4) is 0 Å². The number of nitriles is 1. The van der Waals surface area contributed by atoms with Crippen molar-refractivity contribution >= 4 is 22.8 Å². The maximum Gasteiger partial charge on any atom is 0.339 e. The van der Waals surface area contributed by atoms with Gasteiger partial charge in [0.2, 0.25) is 0 Å². The third-order valence-corrected chi connectivity index (χ3v) is 4.69. The second kappa shape index (κ2) is 7.52. The lowest BCUT2D eigenvalue weighted by Crippen LogP contribution is -2.38. The van der Waals surface area contributed by atoms with Gasteiger partial charge in [0.05, 0.1) is 23.6 Å². The second-order valence-corrected chi connectivity index (χ2v) is 6.50. The zero-order valence-corrected chi connectivity index (χ0v) is 15.0. The lowest BCUT2D eigenvalue weighted by molar-refractivity contribution is -0.138. The number of aromatic nitrogens is 1. The lowest BCUT2D eigenvalue weighted by atomic mass is 10.0. The molecule has 6 nitrogen and oxygen atoms in total. The van der Waals surface area contributed by atoms with Gasteiger partial charge in [-0.05, 0) is 37.8 Å². The first-order chi connectivity index (χ1) is 12.5. The van der Waals surface area contributed by atoms with Crippen molar-refractivity contribution in [3.8, 4) is 6.07 Å². The third kappa shape index (κ3) is 3.38. The minimum atomic E-state index is -0.907. The summed E-state index contributed by atoms with van der Waals surface area (Å²) >= 11 is 0. The number of carbonyl (C=O) groups is 2. The quantitative estimate of drug-likeness (QED) is 0.773. The molecule has 1 aromatic heterocycles. The summed E-state index contributed by atoms with van der Waals surface area (Å²) in [5.74, 6) is -0.806. The van der Waals surface area contributed by atoms with Gasteiger partial charge >= 0.3 is 5.97 Å². The van der Waals surface area contributed by atoms with E-state index in [-0.39, 0.29) is 12.3 Å². The predicted octanol–water partition coefficient (Wildman–Crippen LogP) is 2.64. The van der Waals surface area contributed by atoms with Gasteiger partial charge in [0, 0.05) is 24.7 Å². The fourth-order valence-corrected chi connectivity index (χ4v) is 3.35. The van der Waals surface area contributed by atoms with Crippen LogP contribution in [0.25, 0.3) is 10.9 Å². The van der Waals surface area contributed by atoms with E-state index in [1.807, 2.05) is 30.3 Å². The molecule has 0 N–H and O–H groups in total. The molecule has 0 spiro atoms. The Morgan fingerprint density at radius 2 is 2.12 bits per heavy atom. The van der Waals surface area contributed by atoms with Crippen LogP contribution >= 0.6 is 0 Å². The minimum absolute atomic E-state index is 0.241. The van der Waals surface area contributed by atoms with Crippen molar-refractivity contribution < 1.29 is 14.3 Å². The van der Waals surface area contributed by atoms with E-state index in [1.54, 1.807) is 14.0 Å². The molecule has 2 aromatic rings. The van der Waals surface area contributed by atoms with Crippen LogP contribution in [0.5, 0.6) is 0 Å². The Morgan fingerprint density at radius 3 is 2.88 bits per heavy atom. The van der Waals surface area contributed by atoms with Crippen molar-refractivity contribution in [1.29, 1.82) is 5.26 Å². The highest BCUT2D eigenvalue weighted by atomic mass is 16.5. The van der Waals surface area contributed by atoms with Crippen LogP contribution in [0, 0.1) is 11.3 Å². The number of fused-ring (bicyclic) bond motifs is 2. The van der Waals surface area contributed by atoms with Crippen LogP contribution in [0.1, 0.15) is 41.4 Å². The fraction of sp³-hybridized carbons (Fsp3) is 0.400. The SMILES string of the molecule is C[C@@H](OC(=O)c1c2c(nc3ccccc13)CCC2)C(=O)N(C)CCC#N. The van der Waals surface area contributed by atoms with E-state index >= 15 is 0 Å². The Labute approximate surface area is 152 Å². The van der Waals surface area contributed by atoms with Crippen molar-refractivity contribution in [3.63, 3.8) is 0 Å². The van der Waals surface area contributed by atoms with E-state index < -0.39 is 12.1 Å². The van der Waals surface area contributed by atoms with Gasteiger partial charge in [-0.25, -0.2) is 4.79 Å². The molecular weight excluding hydrogens is 330 g/mol. The topological polar surface area (TPSA) is 83.3 Å². The Bertz CT molecular complexity index is 901. The molecule has 0 saturated carbocycles. The van der Waals surface area contributed by atoms with Crippen molar-refractivity contribution in [1.82, 2.24) is 9.88 Å². The number of hydrogen-bond donors (Lipinski definition) is 0. The molecule has 1 aromatic carbocycles. The average molecular weight is 351 g/mol. The number of likely N-dealkylation sites (N-methyl/N-ethyl adjacent to an activating group) is 1. The van der Waals surface area contributed by atoms with Crippen molar-refractivity contribution in [3.05, 3.63) is 41.1 Å². The smallest absolute Gasteiger partial charge is 0.339 e. The molecule has 6 heteroatoms. The molecule has 1 atom stereocenters. The molecule has 0 radical (unpaired) electrons. The zero-order valence-electron chi connectivity index (χ0n) is 15.0. The van der Waals surface area contributed by atoms with Crippen LogP contribution in [-0.2, 0) is 22.4 Å². The van der Waals surface area contributed by atoms with Crippen LogP contribution in [0.15, 0.2) is 24.3 Å². The first-order valence-corrected chi connectivity index (χ1v) is 8.76. The fourth-order valence-electron chi connectivity index (χ4n) is 3.35. The number of esters is 1. The van der Waals surface area contributed by atoms with Gasteiger partial charge in [0.1, 0.15) is 0 Å². The number of aryl methyl sites for hydroxylation is 1. The number of benzene rings is 1. The number of ether oxygens (including phenoxy) is 1. The molecule has 1 aliphatic rings. The molecule has 3 rings (SSSR count). The standard InChI is InChI=1S/C20H21N3O3/c1-13(19(24)23(2)12-6-11-21)26-20(25)18-14-7-3-4-9-16(14)22-17-10-5-8-15(17)18/h3-4,7,9,13H,5-6,8,10,12H2,1-2H3/t13-/m1/s1. The normalized spacial score (nSPS) is 13.7. The Balaban J connectivity index is 1.87. The maximum atomic E-state index is 12.9. The number of carbonyl (C=O) groups excluding carboxylic acids is 2. The largest absolute Gasteiger partial charge is 0.449 e. The molecule has 0 aliphatic heterocycles. The highest BCUT2D eigenvalue weighted by Gasteiger charge is 2.28. The van der Waals surface area contributed by atoms with Gasteiger partial charge in [0.15, 0.2) is 6.10 Å². The van der Waals surface area contributed by atoms with Gasteiger partial charge in [-0.15, -0.1) is 0 Å². The zero-order chi connectivity index (χ0) is 18.7. The lowest BCUT2D eigenvalue weighted by Gasteiger charge is -2.21. The molecule has 0 saturated heterocycles.